The van der Waals surface area contributed by atoms with E-state index >= 15 is 0 Å². The monoisotopic (exact) mass is 184 g/mol. The quantitative estimate of drug-likeness (QED) is 0.608. The number of nitrogens with two attached hydrogens (primary N) is 2. The van der Waals surface area contributed by atoms with E-state index in [0.29, 0.717) is 17.7 Å². The number of hydrogen-bond acceptors (Lipinski definition) is 3. The fourth-order valence-corrected chi connectivity index (χ4v) is 1.16. The Hall–Kier alpha value is -1.13. The van der Waals surface area contributed by atoms with Crippen molar-refractivity contribution in [3.8, 4) is 0 Å². The topological polar surface area (TPSA) is 72.3 Å². The lowest BCUT2D eigenvalue weighted by Gasteiger charge is -2.10. The molecule has 0 heterocycles. The Morgan fingerprint density at radius 3 is 2.62 bits per heavy atom. The number of hydrogen-bond donors (Lipinski definition) is 3. The molecule has 1 rings (SSSR count). The van der Waals surface area contributed by atoms with Crippen molar-refractivity contribution >= 4 is 5.69 Å². The Balaban J connectivity index is 2.87. The van der Waals surface area contributed by atoms with Crippen molar-refractivity contribution in [2.75, 3.05) is 12.3 Å². The normalized spacial score (nSPS) is 12.8. The third kappa shape index (κ3) is 2.68. The summed E-state index contributed by atoms with van der Waals surface area (Å²) in [5, 5.41) is 8.63. The van der Waals surface area contributed by atoms with Gasteiger partial charge in [0.15, 0.2) is 0 Å². The first-order valence-electron chi connectivity index (χ1n) is 4.06. The van der Waals surface area contributed by atoms with Gasteiger partial charge in [0.05, 0.1) is 0 Å². The van der Waals surface area contributed by atoms with E-state index in [9.17, 15) is 4.39 Å². The van der Waals surface area contributed by atoms with Crippen LogP contribution in [0.5, 0.6) is 0 Å². The molecule has 1 aromatic rings. The summed E-state index contributed by atoms with van der Waals surface area (Å²) < 4.78 is 12.8. The predicted molar refractivity (Wildman–Crippen MR) is 49.4 cm³/mol. The summed E-state index contributed by atoms with van der Waals surface area (Å²) in [5.41, 5.74) is 12.1. The second-order valence-corrected chi connectivity index (χ2v) is 2.94. The molecule has 0 aliphatic heterocycles. The van der Waals surface area contributed by atoms with E-state index in [4.69, 9.17) is 16.6 Å². The maximum absolute atomic E-state index is 12.8. The lowest BCUT2D eigenvalue weighted by molar-refractivity contribution is 0.276. The van der Waals surface area contributed by atoms with Crippen LogP contribution in [0.25, 0.3) is 0 Å². The Bertz CT molecular complexity index is 271. The maximum atomic E-state index is 12.8. The number of aliphatic hydroxyl groups is 1. The largest absolute Gasteiger partial charge is 0.399 e. The van der Waals surface area contributed by atoms with E-state index in [1.54, 1.807) is 6.07 Å². The molecule has 0 radical (unpaired) electrons. The summed E-state index contributed by atoms with van der Waals surface area (Å²) in [6.07, 6.45) is 0.406. The van der Waals surface area contributed by atoms with Crippen LogP contribution in [0.4, 0.5) is 10.1 Å². The molecule has 4 heteroatoms. The minimum absolute atomic E-state index is 0.0163. The first-order valence-corrected chi connectivity index (χ1v) is 4.06. The molecule has 72 valence electrons. The van der Waals surface area contributed by atoms with Gasteiger partial charge >= 0.3 is 0 Å². The third-order valence-electron chi connectivity index (χ3n) is 1.81. The van der Waals surface area contributed by atoms with Crippen molar-refractivity contribution in [2.24, 2.45) is 5.73 Å². The van der Waals surface area contributed by atoms with Crippen LogP contribution in [0.3, 0.4) is 0 Å². The summed E-state index contributed by atoms with van der Waals surface area (Å²) in [6.45, 7) is -0.0163. The summed E-state index contributed by atoms with van der Waals surface area (Å²) >= 11 is 0. The molecule has 0 saturated heterocycles. The maximum Gasteiger partial charge on any atom is 0.125 e. The van der Waals surface area contributed by atoms with Crippen molar-refractivity contribution in [1.29, 1.82) is 0 Å². The smallest absolute Gasteiger partial charge is 0.125 e. The predicted octanol–water partition coefficient (Wildman–Crippen LogP) is 0.790. The van der Waals surface area contributed by atoms with Crippen LogP contribution >= 0.6 is 0 Å². The molecule has 1 atom stereocenters. The molecule has 13 heavy (non-hydrogen) atoms. The average Bonchev–Trinajstić information content (AvgIpc) is 2.03. The fraction of sp³-hybridized carbons (Fsp3) is 0.333. The van der Waals surface area contributed by atoms with Gasteiger partial charge in [-0.3, -0.25) is 0 Å². The van der Waals surface area contributed by atoms with E-state index < -0.39 is 5.82 Å². The first kappa shape index (κ1) is 9.95. The van der Waals surface area contributed by atoms with Crippen molar-refractivity contribution in [3.05, 3.63) is 29.6 Å². The molecule has 0 aromatic heterocycles. The van der Waals surface area contributed by atoms with Crippen LogP contribution in [-0.2, 0) is 0 Å². The van der Waals surface area contributed by atoms with E-state index in [0.717, 1.165) is 0 Å². The molecular formula is C9H13FN2O. The second kappa shape index (κ2) is 4.20. The summed E-state index contributed by atoms with van der Waals surface area (Å²) in [6, 6.07) is 3.82. The zero-order valence-electron chi connectivity index (χ0n) is 7.20. The Kier molecular flexibility index (Phi) is 3.22. The molecule has 0 spiro atoms. The van der Waals surface area contributed by atoms with Gasteiger partial charge in [0.25, 0.3) is 0 Å². The van der Waals surface area contributed by atoms with Gasteiger partial charge < -0.3 is 16.6 Å². The number of anilines is 1. The van der Waals surface area contributed by atoms with Gasteiger partial charge in [0, 0.05) is 18.3 Å². The Morgan fingerprint density at radius 2 is 2.08 bits per heavy atom. The molecule has 3 nitrogen and oxygen atoms in total. The van der Waals surface area contributed by atoms with Crippen LogP contribution in [0.15, 0.2) is 18.2 Å². The van der Waals surface area contributed by atoms with Gasteiger partial charge in [-0.05, 0) is 30.2 Å². The SMILES string of the molecule is Nc1cc(F)cc([C@H](N)CCO)c1. The van der Waals surface area contributed by atoms with Crippen molar-refractivity contribution < 1.29 is 9.50 Å². The fourth-order valence-electron chi connectivity index (χ4n) is 1.16. The average molecular weight is 184 g/mol. The van der Waals surface area contributed by atoms with Crippen LogP contribution in [0, 0.1) is 5.82 Å². The van der Waals surface area contributed by atoms with Crippen molar-refractivity contribution in [3.63, 3.8) is 0 Å². The summed E-state index contributed by atoms with van der Waals surface area (Å²) in [7, 11) is 0. The molecule has 0 aliphatic carbocycles. The minimum atomic E-state index is -0.400. The molecule has 0 bridgehead atoms. The van der Waals surface area contributed by atoms with Gasteiger partial charge in [-0.2, -0.15) is 0 Å². The van der Waals surface area contributed by atoms with Crippen LogP contribution in [0.1, 0.15) is 18.0 Å². The van der Waals surface area contributed by atoms with Gasteiger partial charge in [0.1, 0.15) is 5.82 Å². The van der Waals surface area contributed by atoms with Gasteiger partial charge in [0.2, 0.25) is 0 Å². The summed E-state index contributed by atoms with van der Waals surface area (Å²) in [4.78, 5) is 0. The van der Waals surface area contributed by atoms with Gasteiger partial charge in [-0.15, -0.1) is 0 Å². The zero-order valence-corrected chi connectivity index (χ0v) is 7.20. The molecular weight excluding hydrogens is 171 g/mol. The Labute approximate surface area is 76.2 Å². The first-order chi connectivity index (χ1) is 6.13. The highest BCUT2D eigenvalue weighted by molar-refractivity contribution is 5.42. The standard InChI is InChI=1S/C9H13FN2O/c10-7-3-6(4-8(11)5-7)9(12)1-2-13/h3-5,9,13H,1-2,11-12H2/t9-/m1/s1. The van der Waals surface area contributed by atoms with Gasteiger partial charge in [-0.25, -0.2) is 4.39 Å². The van der Waals surface area contributed by atoms with Crippen LogP contribution < -0.4 is 11.5 Å². The van der Waals surface area contributed by atoms with Crippen LogP contribution in [0.2, 0.25) is 0 Å². The van der Waals surface area contributed by atoms with Crippen molar-refractivity contribution in [1.82, 2.24) is 0 Å². The minimum Gasteiger partial charge on any atom is -0.399 e. The lowest BCUT2D eigenvalue weighted by atomic mass is 10.0. The molecule has 5 N–H and O–H groups in total. The van der Waals surface area contributed by atoms with Crippen LogP contribution in [-0.4, -0.2) is 11.7 Å². The van der Waals surface area contributed by atoms with Gasteiger partial charge in [-0.1, -0.05) is 0 Å². The van der Waals surface area contributed by atoms with Crippen molar-refractivity contribution in [2.45, 2.75) is 12.5 Å². The Morgan fingerprint density at radius 1 is 1.38 bits per heavy atom. The molecule has 0 aliphatic rings. The highest BCUT2D eigenvalue weighted by Gasteiger charge is 2.07. The van der Waals surface area contributed by atoms with E-state index in [1.165, 1.54) is 12.1 Å². The third-order valence-corrected chi connectivity index (χ3v) is 1.81. The number of rotatable bonds is 3. The molecule has 0 fully saturated rings. The molecule has 0 saturated carbocycles. The number of benzene rings is 1. The molecule has 1 aromatic carbocycles. The number of aliphatic hydroxyl groups excluding tert-OH is 1. The molecule has 0 unspecified atom stereocenters. The number of nitrogen functional groups attached to an aromatic ring is 1. The zero-order chi connectivity index (χ0) is 9.84. The lowest BCUT2D eigenvalue weighted by Crippen LogP contribution is -2.12. The number of halogens is 1. The highest BCUT2D eigenvalue weighted by Crippen LogP contribution is 2.18. The highest BCUT2D eigenvalue weighted by atomic mass is 19.1. The second-order valence-electron chi connectivity index (χ2n) is 2.94. The molecule has 0 amide bonds. The summed E-state index contributed by atoms with van der Waals surface area (Å²) in [5.74, 6) is -0.400. The van der Waals surface area contributed by atoms with E-state index in [-0.39, 0.29) is 12.6 Å². The van der Waals surface area contributed by atoms with E-state index in [2.05, 4.69) is 0 Å². The van der Waals surface area contributed by atoms with E-state index in [1.807, 2.05) is 0 Å².